The number of halogens is 1. The van der Waals surface area contributed by atoms with E-state index in [1.165, 1.54) is 0 Å². The summed E-state index contributed by atoms with van der Waals surface area (Å²) in [6, 6.07) is 13.6. The first-order chi connectivity index (χ1) is 10.2. The Hall–Kier alpha value is -2.59. The van der Waals surface area contributed by atoms with Crippen LogP contribution in [0.3, 0.4) is 0 Å². The summed E-state index contributed by atoms with van der Waals surface area (Å²) in [7, 11) is 0. The van der Waals surface area contributed by atoms with Gasteiger partial charge in [-0.15, -0.1) is 0 Å². The van der Waals surface area contributed by atoms with E-state index in [1.54, 1.807) is 6.20 Å². The van der Waals surface area contributed by atoms with E-state index in [0.29, 0.717) is 11.0 Å². The van der Waals surface area contributed by atoms with Gasteiger partial charge in [-0.3, -0.25) is 9.55 Å². The maximum atomic E-state index is 6.12. The highest BCUT2D eigenvalue weighted by atomic mass is 35.5. The van der Waals surface area contributed by atoms with E-state index in [2.05, 4.69) is 9.97 Å². The molecule has 21 heavy (non-hydrogen) atoms. The third-order valence-corrected chi connectivity index (χ3v) is 3.78. The first-order valence-corrected chi connectivity index (χ1v) is 6.88. The second-order valence-electron chi connectivity index (χ2n) is 4.81. The van der Waals surface area contributed by atoms with Crippen molar-refractivity contribution in [1.82, 2.24) is 14.5 Å². The van der Waals surface area contributed by atoms with Crippen molar-refractivity contribution in [3.8, 4) is 5.69 Å². The molecule has 0 aliphatic rings. The molecule has 0 spiro atoms. The van der Waals surface area contributed by atoms with Crippen molar-refractivity contribution in [3.63, 3.8) is 0 Å². The van der Waals surface area contributed by atoms with E-state index >= 15 is 0 Å². The molecular formula is C16H11ClN4. The van der Waals surface area contributed by atoms with Crippen molar-refractivity contribution in [1.29, 1.82) is 0 Å². The summed E-state index contributed by atoms with van der Waals surface area (Å²) < 4.78 is 1.92. The predicted octanol–water partition coefficient (Wildman–Crippen LogP) is 3.81. The van der Waals surface area contributed by atoms with Crippen molar-refractivity contribution in [2.24, 2.45) is 0 Å². The highest BCUT2D eigenvalue weighted by molar-refractivity contribution is 6.31. The molecule has 0 unspecified atom stereocenters. The number of aromatic nitrogens is 3. The molecule has 2 N–H and O–H groups in total. The van der Waals surface area contributed by atoms with Gasteiger partial charge in [0.05, 0.1) is 16.7 Å². The molecule has 5 heteroatoms. The summed E-state index contributed by atoms with van der Waals surface area (Å²) in [6.07, 6.45) is 3.61. The quantitative estimate of drug-likeness (QED) is 0.581. The number of rotatable bonds is 1. The largest absolute Gasteiger partial charge is 0.369 e. The molecule has 4 rings (SSSR count). The molecule has 0 atom stereocenters. The molecule has 0 aliphatic heterocycles. The molecule has 0 bridgehead atoms. The van der Waals surface area contributed by atoms with E-state index < -0.39 is 0 Å². The van der Waals surface area contributed by atoms with Gasteiger partial charge >= 0.3 is 0 Å². The van der Waals surface area contributed by atoms with Gasteiger partial charge in [-0.2, -0.15) is 0 Å². The zero-order valence-corrected chi connectivity index (χ0v) is 11.7. The zero-order valence-electron chi connectivity index (χ0n) is 11.0. The van der Waals surface area contributed by atoms with Gasteiger partial charge in [0.25, 0.3) is 0 Å². The average molecular weight is 295 g/mol. The molecule has 2 aromatic heterocycles. The third kappa shape index (κ3) is 1.84. The molecule has 0 saturated carbocycles. The van der Waals surface area contributed by atoms with Crippen LogP contribution in [0, 0.1) is 0 Å². The maximum Gasteiger partial charge on any atom is 0.205 e. The van der Waals surface area contributed by atoms with Crippen LogP contribution in [-0.4, -0.2) is 14.5 Å². The Labute approximate surface area is 125 Å². The minimum Gasteiger partial charge on any atom is -0.369 e. The van der Waals surface area contributed by atoms with Crippen molar-refractivity contribution in [2.75, 3.05) is 5.73 Å². The SMILES string of the molecule is Nc1nc2ccc(Cl)cc2n1-c1cccc2cnccc12. The lowest BCUT2D eigenvalue weighted by Crippen LogP contribution is -2.01. The van der Waals surface area contributed by atoms with Gasteiger partial charge in [0.1, 0.15) is 0 Å². The van der Waals surface area contributed by atoms with Crippen molar-refractivity contribution < 1.29 is 0 Å². The lowest BCUT2D eigenvalue weighted by molar-refractivity contribution is 1.12. The highest BCUT2D eigenvalue weighted by Crippen LogP contribution is 2.29. The molecule has 102 valence electrons. The number of nitrogens with zero attached hydrogens (tertiary/aromatic N) is 3. The first-order valence-electron chi connectivity index (χ1n) is 6.50. The Morgan fingerprint density at radius 2 is 2.00 bits per heavy atom. The standard InChI is InChI=1S/C16H11ClN4/c17-11-4-5-13-15(8-11)21(16(18)20-13)14-3-1-2-10-9-19-7-6-12(10)14/h1-9H,(H2,18,20). The highest BCUT2D eigenvalue weighted by Gasteiger charge is 2.12. The molecule has 4 nitrogen and oxygen atoms in total. The molecule has 0 amide bonds. The fourth-order valence-electron chi connectivity index (χ4n) is 2.62. The maximum absolute atomic E-state index is 6.12. The van der Waals surface area contributed by atoms with E-state index in [-0.39, 0.29) is 0 Å². The van der Waals surface area contributed by atoms with E-state index in [0.717, 1.165) is 27.5 Å². The topological polar surface area (TPSA) is 56.7 Å². The van der Waals surface area contributed by atoms with Gasteiger partial charge in [-0.1, -0.05) is 23.7 Å². The summed E-state index contributed by atoms with van der Waals surface area (Å²) in [5, 5.41) is 2.78. The number of nitrogens with two attached hydrogens (primary N) is 1. The van der Waals surface area contributed by atoms with Crippen LogP contribution in [0.4, 0.5) is 5.95 Å². The number of nitrogen functional groups attached to an aromatic ring is 1. The number of benzene rings is 2. The smallest absolute Gasteiger partial charge is 0.205 e. The van der Waals surface area contributed by atoms with Crippen molar-refractivity contribution in [2.45, 2.75) is 0 Å². The molecule has 0 aliphatic carbocycles. The Balaban J connectivity index is 2.14. The molecule has 0 radical (unpaired) electrons. The van der Waals surface area contributed by atoms with Crippen LogP contribution in [0.15, 0.2) is 54.9 Å². The Morgan fingerprint density at radius 3 is 2.90 bits per heavy atom. The molecule has 0 fully saturated rings. The number of fused-ring (bicyclic) bond motifs is 2. The minimum atomic E-state index is 0.441. The van der Waals surface area contributed by atoms with E-state index in [9.17, 15) is 0 Å². The van der Waals surface area contributed by atoms with Gasteiger partial charge in [-0.05, 0) is 30.3 Å². The van der Waals surface area contributed by atoms with Crippen LogP contribution >= 0.6 is 11.6 Å². The van der Waals surface area contributed by atoms with Gasteiger partial charge in [0, 0.05) is 28.2 Å². The third-order valence-electron chi connectivity index (χ3n) is 3.54. The lowest BCUT2D eigenvalue weighted by atomic mass is 10.1. The summed E-state index contributed by atoms with van der Waals surface area (Å²) in [4.78, 5) is 8.56. The van der Waals surface area contributed by atoms with Crippen molar-refractivity contribution in [3.05, 3.63) is 59.9 Å². The number of pyridine rings is 1. The Bertz CT molecular complexity index is 969. The summed E-state index contributed by atoms with van der Waals surface area (Å²) in [6.45, 7) is 0. The van der Waals surface area contributed by atoms with E-state index in [4.69, 9.17) is 17.3 Å². The van der Waals surface area contributed by atoms with Crippen LogP contribution in [0.5, 0.6) is 0 Å². The number of hydrogen-bond acceptors (Lipinski definition) is 3. The molecule has 2 aromatic carbocycles. The fourth-order valence-corrected chi connectivity index (χ4v) is 2.79. The average Bonchev–Trinajstić information content (AvgIpc) is 2.82. The fraction of sp³-hybridized carbons (Fsp3) is 0. The monoisotopic (exact) mass is 294 g/mol. The Morgan fingerprint density at radius 1 is 1.10 bits per heavy atom. The molecule has 0 saturated heterocycles. The summed E-state index contributed by atoms with van der Waals surface area (Å²) in [5.74, 6) is 0.441. The normalized spacial score (nSPS) is 11.3. The molecule has 2 heterocycles. The molecular weight excluding hydrogens is 284 g/mol. The molecule has 4 aromatic rings. The zero-order chi connectivity index (χ0) is 14.4. The predicted molar refractivity (Wildman–Crippen MR) is 85.8 cm³/mol. The van der Waals surface area contributed by atoms with Crippen LogP contribution in [0.1, 0.15) is 0 Å². The van der Waals surface area contributed by atoms with Gasteiger partial charge in [0.15, 0.2) is 0 Å². The first kappa shape index (κ1) is 12.2. The van der Waals surface area contributed by atoms with E-state index in [1.807, 2.05) is 53.2 Å². The van der Waals surface area contributed by atoms with Gasteiger partial charge < -0.3 is 5.73 Å². The van der Waals surface area contributed by atoms with Gasteiger partial charge in [0.2, 0.25) is 5.95 Å². The number of hydrogen-bond donors (Lipinski definition) is 1. The lowest BCUT2D eigenvalue weighted by Gasteiger charge is -2.10. The summed E-state index contributed by atoms with van der Waals surface area (Å²) >= 11 is 6.11. The van der Waals surface area contributed by atoms with Crippen LogP contribution in [0.2, 0.25) is 5.02 Å². The summed E-state index contributed by atoms with van der Waals surface area (Å²) in [5.41, 5.74) is 8.80. The Kier molecular flexibility index (Phi) is 2.59. The number of anilines is 1. The number of imidazole rings is 1. The minimum absolute atomic E-state index is 0.441. The van der Waals surface area contributed by atoms with Gasteiger partial charge in [-0.25, -0.2) is 4.98 Å². The van der Waals surface area contributed by atoms with Crippen LogP contribution in [-0.2, 0) is 0 Å². The van der Waals surface area contributed by atoms with Crippen molar-refractivity contribution >= 4 is 39.4 Å². The second-order valence-corrected chi connectivity index (χ2v) is 5.25. The second kappa shape index (κ2) is 4.46. The van der Waals surface area contributed by atoms with Crippen LogP contribution in [0.25, 0.3) is 27.5 Å². The van der Waals surface area contributed by atoms with Crippen LogP contribution < -0.4 is 5.73 Å².